The molecule has 1 fully saturated rings. The molecule has 102 valence electrons. The van der Waals surface area contributed by atoms with Crippen LogP contribution < -0.4 is 5.32 Å². The summed E-state index contributed by atoms with van der Waals surface area (Å²) < 4.78 is 0.140. The highest BCUT2D eigenvalue weighted by atomic mass is 32.2. The van der Waals surface area contributed by atoms with Crippen molar-refractivity contribution in [2.75, 3.05) is 18.1 Å². The molecule has 0 unspecified atom stereocenters. The van der Waals surface area contributed by atoms with Crippen LogP contribution in [-0.4, -0.2) is 38.5 Å². The molecule has 2 N–H and O–H groups in total. The fourth-order valence-corrected chi connectivity index (χ4v) is 2.41. The average molecular weight is 283 g/mol. The molecule has 0 aliphatic heterocycles. The number of carboxylic acids is 1. The number of anilines is 1. The quantitative estimate of drug-likeness (QED) is 0.607. The summed E-state index contributed by atoms with van der Waals surface area (Å²) in [6.45, 7) is 0.592. The Labute approximate surface area is 113 Å². The van der Waals surface area contributed by atoms with Gasteiger partial charge < -0.3 is 10.4 Å². The molecule has 19 heavy (non-hydrogen) atoms. The molecule has 1 aromatic heterocycles. The largest absolute Gasteiger partial charge is 0.478 e. The van der Waals surface area contributed by atoms with Gasteiger partial charge in [0, 0.05) is 23.6 Å². The lowest BCUT2D eigenvalue weighted by atomic mass is 10.2. The Morgan fingerprint density at radius 1 is 1.68 bits per heavy atom. The number of hydrogen-bond donors (Lipinski definition) is 2. The van der Waals surface area contributed by atoms with Crippen molar-refractivity contribution < 1.29 is 14.8 Å². The van der Waals surface area contributed by atoms with E-state index in [2.05, 4.69) is 10.3 Å². The van der Waals surface area contributed by atoms with E-state index >= 15 is 0 Å². The van der Waals surface area contributed by atoms with E-state index in [1.165, 1.54) is 0 Å². The predicted molar refractivity (Wildman–Crippen MR) is 71.8 cm³/mol. The predicted octanol–water partition coefficient (Wildman–Crippen LogP) is 2.00. The van der Waals surface area contributed by atoms with Crippen molar-refractivity contribution in [1.29, 1.82) is 0 Å². The SMILES string of the molecule is CSC1(CNc2ncc(C(=O)O)cc2[N+](=O)[O-])CC1. The van der Waals surface area contributed by atoms with Gasteiger partial charge in [0.05, 0.1) is 10.5 Å². The Balaban J connectivity index is 2.19. The first kappa shape index (κ1) is 13.6. The van der Waals surface area contributed by atoms with Gasteiger partial charge in [-0.15, -0.1) is 0 Å². The number of aromatic nitrogens is 1. The summed E-state index contributed by atoms with van der Waals surface area (Å²) in [5.41, 5.74) is -0.500. The number of thioether (sulfide) groups is 1. The van der Waals surface area contributed by atoms with Crippen LogP contribution in [0.25, 0.3) is 0 Å². The molecular formula is C11H13N3O4S. The maximum absolute atomic E-state index is 10.9. The first-order valence-corrected chi connectivity index (χ1v) is 6.87. The second kappa shape index (κ2) is 5.04. The average Bonchev–Trinajstić information content (AvgIpc) is 3.16. The molecule has 0 saturated heterocycles. The fraction of sp³-hybridized carbons (Fsp3) is 0.455. The minimum Gasteiger partial charge on any atom is -0.478 e. The van der Waals surface area contributed by atoms with Gasteiger partial charge in [-0.3, -0.25) is 10.1 Å². The van der Waals surface area contributed by atoms with Gasteiger partial charge in [-0.1, -0.05) is 0 Å². The Kier molecular flexibility index (Phi) is 3.61. The molecule has 0 aromatic carbocycles. The number of nitro groups is 1. The first-order valence-electron chi connectivity index (χ1n) is 5.64. The van der Waals surface area contributed by atoms with Crippen molar-refractivity contribution in [3.05, 3.63) is 27.9 Å². The number of pyridine rings is 1. The molecule has 7 nitrogen and oxygen atoms in total. The van der Waals surface area contributed by atoms with E-state index in [1.54, 1.807) is 11.8 Å². The Morgan fingerprint density at radius 3 is 2.84 bits per heavy atom. The number of nitrogens with zero attached hydrogens (tertiary/aromatic N) is 2. The van der Waals surface area contributed by atoms with Crippen LogP contribution in [0.3, 0.4) is 0 Å². The minimum atomic E-state index is -1.23. The molecule has 0 spiro atoms. The maximum Gasteiger partial charge on any atom is 0.337 e. The van der Waals surface area contributed by atoms with Crippen molar-refractivity contribution >= 4 is 29.2 Å². The summed E-state index contributed by atoms with van der Waals surface area (Å²) in [6, 6.07) is 1.02. The van der Waals surface area contributed by atoms with Crippen LogP contribution in [-0.2, 0) is 0 Å². The lowest BCUT2D eigenvalue weighted by molar-refractivity contribution is -0.384. The molecular weight excluding hydrogens is 270 g/mol. The van der Waals surface area contributed by atoms with Crippen LogP contribution in [0.2, 0.25) is 0 Å². The van der Waals surface area contributed by atoms with E-state index in [-0.39, 0.29) is 21.8 Å². The number of carbonyl (C=O) groups is 1. The van der Waals surface area contributed by atoms with E-state index in [1.807, 2.05) is 6.26 Å². The summed E-state index contributed by atoms with van der Waals surface area (Å²) in [7, 11) is 0. The van der Waals surface area contributed by atoms with Gasteiger partial charge >= 0.3 is 11.7 Å². The third kappa shape index (κ3) is 2.95. The Bertz CT molecular complexity index is 531. The summed E-state index contributed by atoms with van der Waals surface area (Å²) >= 11 is 1.73. The highest BCUT2D eigenvalue weighted by Crippen LogP contribution is 2.47. The van der Waals surface area contributed by atoms with Crippen molar-refractivity contribution in [3.8, 4) is 0 Å². The maximum atomic E-state index is 10.9. The third-order valence-electron chi connectivity index (χ3n) is 3.13. The zero-order valence-corrected chi connectivity index (χ0v) is 11.1. The minimum absolute atomic E-state index is 0.121. The zero-order chi connectivity index (χ0) is 14.0. The molecule has 1 aromatic rings. The molecule has 1 heterocycles. The molecule has 0 bridgehead atoms. The van der Waals surface area contributed by atoms with Crippen LogP contribution in [0.1, 0.15) is 23.2 Å². The molecule has 0 atom stereocenters. The number of aromatic carboxylic acids is 1. The van der Waals surface area contributed by atoms with E-state index < -0.39 is 10.9 Å². The van der Waals surface area contributed by atoms with Gasteiger partial charge in [-0.25, -0.2) is 9.78 Å². The smallest absolute Gasteiger partial charge is 0.337 e. The second-order valence-electron chi connectivity index (χ2n) is 4.39. The highest BCUT2D eigenvalue weighted by Gasteiger charge is 2.42. The topological polar surface area (TPSA) is 105 Å². The molecule has 0 amide bonds. The van der Waals surface area contributed by atoms with Crippen molar-refractivity contribution in [2.24, 2.45) is 0 Å². The van der Waals surface area contributed by atoms with Gasteiger partial charge in [-0.2, -0.15) is 11.8 Å². The van der Waals surface area contributed by atoms with Crippen molar-refractivity contribution in [2.45, 2.75) is 17.6 Å². The van der Waals surface area contributed by atoms with Crippen LogP contribution in [0.15, 0.2) is 12.3 Å². The fourth-order valence-electron chi connectivity index (χ4n) is 1.68. The summed E-state index contributed by atoms with van der Waals surface area (Å²) in [5.74, 6) is -1.11. The molecule has 1 saturated carbocycles. The van der Waals surface area contributed by atoms with Gasteiger partial charge in [0.1, 0.15) is 0 Å². The normalized spacial score (nSPS) is 15.8. The molecule has 0 radical (unpaired) electrons. The third-order valence-corrected chi connectivity index (χ3v) is 4.55. The van der Waals surface area contributed by atoms with Gasteiger partial charge in [0.2, 0.25) is 5.82 Å². The Morgan fingerprint density at radius 2 is 2.37 bits per heavy atom. The van der Waals surface area contributed by atoms with Crippen LogP contribution in [0, 0.1) is 10.1 Å². The monoisotopic (exact) mass is 283 g/mol. The standard InChI is InChI=1S/C11H13N3O4S/c1-19-11(2-3-11)6-13-9-8(14(17)18)4-7(5-12-9)10(15)16/h4-5H,2-3,6H2,1H3,(H,12,13)(H,15,16). The second-order valence-corrected chi connectivity index (χ2v) is 5.67. The van der Waals surface area contributed by atoms with Crippen LogP contribution >= 0.6 is 11.8 Å². The summed E-state index contributed by atoms with van der Waals surface area (Å²) in [4.78, 5) is 24.9. The highest BCUT2D eigenvalue weighted by molar-refractivity contribution is 8.00. The van der Waals surface area contributed by atoms with E-state index in [0.29, 0.717) is 6.54 Å². The van der Waals surface area contributed by atoms with Crippen LogP contribution in [0.5, 0.6) is 0 Å². The zero-order valence-electron chi connectivity index (χ0n) is 10.3. The van der Waals surface area contributed by atoms with Crippen molar-refractivity contribution in [1.82, 2.24) is 4.98 Å². The number of carboxylic acid groups (broad SMARTS) is 1. The first-order chi connectivity index (χ1) is 8.97. The Hall–Kier alpha value is -1.83. The number of rotatable bonds is 6. The summed E-state index contributed by atoms with van der Waals surface area (Å²) in [6.07, 6.45) is 5.27. The van der Waals surface area contributed by atoms with E-state index in [4.69, 9.17) is 5.11 Å². The van der Waals surface area contributed by atoms with Gasteiger partial charge in [-0.05, 0) is 19.1 Å². The molecule has 8 heteroatoms. The number of nitrogens with one attached hydrogen (secondary N) is 1. The lowest BCUT2D eigenvalue weighted by Gasteiger charge is -2.13. The summed E-state index contributed by atoms with van der Waals surface area (Å²) in [5, 5.41) is 22.7. The van der Waals surface area contributed by atoms with Gasteiger partial charge in [0.25, 0.3) is 0 Å². The molecule has 2 rings (SSSR count). The van der Waals surface area contributed by atoms with Crippen molar-refractivity contribution in [3.63, 3.8) is 0 Å². The van der Waals surface area contributed by atoms with E-state index in [9.17, 15) is 14.9 Å². The lowest BCUT2D eigenvalue weighted by Crippen LogP contribution is -2.19. The molecule has 1 aliphatic rings. The van der Waals surface area contributed by atoms with Crippen LogP contribution in [0.4, 0.5) is 11.5 Å². The number of hydrogen-bond acceptors (Lipinski definition) is 6. The molecule has 1 aliphatic carbocycles. The van der Waals surface area contributed by atoms with E-state index in [0.717, 1.165) is 25.1 Å². The van der Waals surface area contributed by atoms with Gasteiger partial charge in [0.15, 0.2) is 0 Å².